The van der Waals surface area contributed by atoms with E-state index in [2.05, 4.69) is 24.1 Å². The lowest BCUT2D eigenvalue weighted by Gasteiger charge is -2.20. The third-order valence-corrected chi connectivity index (χ3v) is 4.27. The first-order chi connectivity index (χ1) is 10.1. The second-order valence-corrected chi connectivity index (χ2v) is 6.15. The summed E-state index contributed by atoms with van der Waals surface area (Å²) >= 11 is 0. The molecule has 0 aliphatic carbocycles. The van der Waals surface area contributed by atoms with E-state index in [4.69, 9.17) is 5.73 Å². The Hall–Kier alpha value is -1.39. The average molecular weight is 289 g/mol. The number of carbonyl (C=O) groups is 1. The van der Waals surface area contributed by atoms with Crippen LogP contribution in [0.15, 0.2) is 24.3 Å². The van der Waals surface area contributed by atoms with E-state index < -0.39 is 0 Å². The van der Waals surface area contributed by atoms with Crippen molar-refractivity contribution in [3.05, 3.63) is 35.4 Å². The number of amides is 1. The van der Waals surface area contributed by atoms with Crippen LogP contribution in [0.3, 0.4) is 0 Å². The quantitative estimate of drug-likeness (QED) is 0.837. The number of nitrogens with one attached hydrogen (secondary N) is 1. The van der Waals surface area contributed by atoms with Gasteiger partial charge in [-0.05, 0) is 57.3 Å². The van der Waals surface area contributed by atoms with E-state index in [0.29, 0.717) is 18.5 Å². The number of hydrogen-bond acceptors (Lipinski definition) is 3. The van der Waals surface area contributed by atoms with Gasteiger partial charge in [0, 0.05) is 24.7 Å². The summed E-state index contributed by atoms with van der Waals surface area (Å²) in [6.45, 7) is 8.01. The first-order valence-corrected chi connectivity index (χ1v) is 7.92. The van der Waals surface area contributed by atoms with Crippen LogP contribution in [0.25, 0.3) is 0 Å². The Kier molecular flexibility index (Phi) is 5.76. The highest BCUT2D eigenvalue weighted by Gasteiger charge is 2.24. The van der Waals surface area contributed by atoms with Gasteiger partial charge in [-0.2, -0.15) is 0 Å². The smallest absolute Gasteiger partial charge is 0.251 e. The highest BCUT2D eigenvalue weighted by Crippen LogP contribution is 2.18. The fourth-order valence-corrected chi connectivity index (χ4v) is 2.95. The molecule has 1 heterocycles. The lowest BCUT2D eigenvalue weighted by molar-refractivity contribution is 0.0946. The maximum atomic E-state index is 12.3. The van der Waals surface area contributed by atoms with Gasteiger partial charge in [0.1, 0.15) is 0 Å². The Labute approximate surface area is 127 Å². The number of nitrogens with zero attached hydrogens (tertiary/aromatic N) is 1. The molecule has 0 bridgehead atoms. The number of hydrogen-bond donors (Lipinski definition) is 2. The van der Waals surface area contributed by atoms with E-state index in [1.165, 1.54) is 6.42 Å². The van der Waals surface area contributed by atoms with Crippen molar-refractivity contribution in [3.8, 4) is 0 Å². The van der Waals surface area contributed by atoms with E-state index in [1.807, 2.05) is 24.3 Å². The largest absolute Gasteiger partial charge is 0.352 e. The van der Waals surface area contributed by atoms with Crippen molar-refractivity contribution in [2.75, 3.05) is 26.2 Å². The van der Waals surface area contributed by atoms with Crippen LogP contribution in [0.2, 0.25) is 0 Å². The Morgan fingerprint density at radius 1 is 1.43 bits per heavy atom. The van der Waals surface area contributed by atoms with E-state index in [1.54, 1.807) is 0 Å². The number of likely N-dealkylation sites (tertiary alicyclic amines) is 1. The molecule has 1 amide bonds. The second-order valence-electron chi connectivity index (χ2n) is 6.15. The molecule has 2 rings (SSSR count). The van der Waals surface area contributed by atoms with Crippen molar-refractivity contribution in [1.82, 2.24) is 10.2 Å². The van der Waals surface area contributed by atoms with Gasteiger partial charge in [0.05, 0.1) is 0 Å². The SMILES string of the molecule is CC(C)N1CCC(CNC(=O)c2ccccc2CCN)C1. The minimum atomic E-state index is 0.0297. The zero-order chi connectivity index (χ0) is 15.2. The predicted octanol–water partition coefficient (Wildman–Crippen LogP) is 1.65. The molecule has 4 heteroatoms. The van der Waals surface area contributed by atoms with Crippen LogP contribution >= 0.6 is 0 Å². The van der Waals surface area contributed by atoms with Crippen molar-refractivity contribution in [1.29, 1.82) is 0 Å². The van der Waals surface area contributed by atoms with Crippen LogP contribution in [0, 0.1) is 5.92 Å². The Morgan fingerprint density at radius 2 is 2.19 bits per heavy atom. The molecule has 0 aromatic heterocycles. The lowest BCUT2D eigenvalue weighted by atomic mass is 10.0. The van der Waals surface area contributed by atoms with Crippen LogP contribution in [0.4, 0.5) is 0 Å². The molecule has 116 valence electrons. The van der Waals surface area contributed by atoms with Crippen LogP contribution in [-0.4, -0.2) is 43.0 Å². The standard InChI is InChI=1S/C17H27N3O/c1-13(2)20-10-8-14(12-20)11-19-17(21)16-6-4-3-5-15(16)7-9-18/h3-6,13-14H,7-12,18H2,1-2H3,(H,19,21). The molecule has 1 saturated heterocycles. The van der Waals surface area contributed by atoms with Crippen LogP contribution in [-0.2, 0) is 6.42 Å². The third-order valence-electron chi connectivity index (χ3n) is 4.27. The highest BCUT2D eigenvalue weighted by molar-refractivity contribution is 5.95. The van der Waals surface area contributed by atoms with E-state index >= 15 is 0 Å². The maximum absolute atomic E-state index is 12.3. The Balaban J connectivity index is 1.88. The van der Waals surface area contributed by atoms with Gasteiger partial charge in [-0.3, -0.25) is 4.79 Å². The van der Waals surface area contributed by atoms with Gasteiger partial charge in [0.2, 0.25) is 0 Å². The molecule has 3 N–H and O–H groups in total. The lowest BCUT2D eigenvalue weighted by Crippen LogP contribution is -2.33. The summed E-state index contributed by atoms with van der Waals surface area (Å²) < 4.78 is 0. The summed E-state index contributed by atoms with van der Waals surface area (Å²) in [5, 5.41) is 3.09. The van der Waals surface area contributed by atoms with E-state index in [9.17, 15) is 4.79 Å². The summed E-state index contributed by atoms with van der Waals surface area (Å²) in [5.74, 6) is 0.597. The zero-order valence-electron chi connectivity index (χ0n) is 13.1. The molecule has 1 aliphatic rings. The van der Waals surface area contributed by atoms with Crippen LogP contribution in [0.5, 0.6) is 0 Å². The molecule has 0 radical (unpaired) electrons. The van der Waals surface area contributed by atoms with Gasteiger partial charge >= 0.3 is 0 Å². The zero-order valence-corrected chi connectivity index (χ0v) is 13.1. The van der Waals surface area contributed by atoms with Crippen molar-refractivity contribution >= 4 is 5.91 Å². The first kappa shape index (κ1) is 16.0. The normalized spacial score (nSPS) is 19.1. The number of benzene rings is 1. The number of carbonyl (C=O) groups excluding carboxylic acids is 1. The number of nitrogens with two attached hydrogens (primary N) is 1. The van der Waals surface area contributed by atoms with Crippen molar-refractivity contribution in [3.63, 3.8) is 0 Å². The van der Waals surface area contributed by atoms with Crippen molar-refractivity contribution in [2.24, 2.45) is 11.7 Å². The summed E-state index contributed by atoms with van der Waals surface area (Å²) in [4.78, 5) is 14.8. The van der Waals surface area contributed by atoms with Gasteiger partial charge in [-0.25, -0.2) is 0 Å². The topological polar surface area (TPSA) is 58.4 Å². The van der Waals surface area contributed by atoms with Gasteiger partial charge in [0.25, 0.3) is 5.91 Å². The van der Waals surface area contributed by atoms with Crippen molar-refractivity contribution < 1.29 is 4.79 Å². The van der Waals surface area contributed by atoms with Gasteiger partial charge in [-0.1, -0.05) is 18.2 Å². The first-order valence-electron chi connectivity index (χ1n) is 7.92. The molecular weight excluding hydrogens is 262 g/mol. The average Bonchev–Trinajstić information content (AvgIpc) is 2.95. The highest BCUT2D eigenvalue weighted by atomic mass is 16.1. The van der Waals surface area contributed by atoms with Gasteiger partial charge in [0.15, 0.2) is 0 Å². The van der Waals surface area contributed by atoms with Gasteiger partial charge < -0.3 is 16.0 Å². The molecule has 1 aromatic carbocycles. The minimum Gasteiger partial charge on any atom is -0.352 e. The summed E-state index contributed by atoms with van der Waals surface area (Å²) in [7, 11) is 0. The molecule has 1 fully saturated rings. The molecule has 21 heavy (non-hydrogen) atoms. The van der Waals surface area contributed by atoms with Gasteiger partial charge in [-0.15, -0.1) is 0 Å². The van der Waals surface area contributed by atoms with Crippen molar-refractivity contribution in [2.45, 2.75) is 32.7 Å². The van der Waals surface area contributed by atoms with Crippen LogP contribution < -0.4 is 11.1 Å². The fraction of sp³-hybridized carbons (Fsp3) is 0.588. The summed E-state index contributed by atoms with van der Waals surface area (Å²) in [6, 6.07) is 8.33. The fourth-order valence-electron chi connectivity index (χ4n) is 2.95. The molecule has 1 unspecified atom stereocenters. The monoisotopic (exact) mass is 289 g/mol. The molecule has 1 aromatic rings. The van der Waals surface area contributed by atoms with E-state index in [0.717, 1.165) is 37.2 Å². The molecular formula is C17H27N3O. The second kappa shape index (κ2) is 7.57. The summed E-state index contributed by atoms with van der Waals surface area (Å²) in [6.07, 6.45) is 1.91. The van der Waals surface area contributed by atoms with E-state index in [-0.39, 0.29) is 5.91 Å². The Morgan fingerprint density at radius 3 is 2.86 bits per heavy atom. The minimum absolute atomic E-state index is 0.0297. The molecule has 1 aliphatic heterocycles. The number of rotatable bonds is 6. The molecule has 0 spiro atoms. The third kappa shape index (κ3) is 4.29. The summed E-state index contributed by atoms with van der Waals surface area (Å²) in [5.41, 5.74) is 7.41. The molecule has 4 nitrogen and oxygen atoms in total. The molecule has 1 atom stereocenters. The van der Waals surface area contributed by atoms with Crippen LogP contribution in [0.1, 0.15) is 36.2 Å². The Bertz CT molecular complexity index is 473. The molecule has 0 saturated carbocycles. The maximum Gasteiger partial charge on any atom is 0.251 e. The predicted molar refractivity (Wildman–Crippen MR) is 86.3 cm³/mol.